The lowest BCUT2D eigenvalue weighted by Gasteiger charge is -2.25. The van der Waals surface area contributed by atoms with Gasteiger partial charge in [0, 0.05) is 13.6 Å². The van der Waals surface area contributed by atoms with E-state index in [1.54, 1.807) is 12.1 Å². The first-order chi connectivity index (χ1) is 10.7. The zero-order valence-electron chi connectivity index (χ0n) is 14.8. The van der Waals surface area contributed by atoms with Gasteiger partial charge < -0.3 is 9.64 Å². The van der Waals surface area contributed by atoms with E-state index in [1.165, 1.54) is 37.0 Å². The largest absolute Gasteiger partial charge is 0.444 e. The highest BCUT2D eigenvalue weighted by atomic mass is 16.6. The molecular weight excluding hydrogens is 294 g/mol. The highest BCUT2D eigenvalue weighted by molar-refractivity contribution is 6.06. The molecule has 0 aromatic heterocycles. The molecule has 2 aliphatic rings. The summed E-state index contributed by atoms with van der Waals surface area (Å²) in [4.78, 5) is 25.6. The Morgan fingerprint density at radius 1 is 1.30 bits per heavy atom. The maximum absolute atomic E-state index is 12.1. The smallest absolute Gasteiger partial charge is 0.410 e. The molecule has 130 valence electrons. The van der Waals surface area contributed by atoms with E-state index in [2.05, 4.69) is 5.10 Å². The van der Waals surface area contributed by atoms with E-state index in [0.717, 1.165) is 12.3 Å². The fourth-order valence-corrected chi connectivity index (χ4v) is 3.05. The van der Waals surface area contributed by atoms with Crippen LogP contribution in [-0.2, 0) is 9.53 Å². The minimum atomic E-state index is -0.522. The van der Waals surface area contributed by atoms with Crippen molar-refractivity contribution in [3.8, 4) is 0 Å². The summed E-state index contributed by atoms with van der Waals surface area (Å²) < 4.78 is 5.32. The van der Waals surface area contributed by atoms with E-state index in [-0.39, 0.29) is 5.91 Å². The number of hydrogen-bond acceptors (Lipinski definition) is 4. The number of hydrogen-bond donors (Lipinski definition) is 0. The third kappa shape index (κ3) is 5.52. The number of rotatable bonds is 4. The van der Waals surface area contributed by atoms with Gasteiger partial charge in [-0.25, -0.2) is 9.80 Å². The SMILES string of the molecule is CN(CC1=NN(CC2CCCCC2)C(=O)C1)C(=O)OC(C)(C)C. The van der Waals surface area contributed by atoms with Crippen molar-refractivity contribution in [3.63, 3.8) is 0 Å². The number of hydrazone groups is 1. The first-order valence-electron chi connectivity index (χ1n) is 8.55. The summed E-state index contributed by atoms with van der Waals surface area (Å²) in [6, 6.07) is 0. The van der Waals surface area contributed by atoms with Crippen LogP contribution in [0.1, 0.15) is 59.3 Å². The molecule has 2 amide bonds. The molecule has 1 aliphatic carbocycles. The van der Waals surface area contributed by atoms with Crippen LogP contribution in [-0.4, -0.2) is 53.4 Å². The second kappa shape index (κ2) is 7.32. The Morgan fingerprint density at radius 3 is 2.57 bits per heavy atom. The Kier molecular flexibility index (Phi) is 5.65. The van der Waals surface area contributed by atoms with Gasteiger partial charge in [0.05, 0.1) is 18.7 Å². The molecule has 0 spiro atoms. The van der Waals surface area contributed by atoms with Gasteiger partial charge in [0.15, 0.2) is 0 Å². The standard InChI is InChI=1S/C17H29N3O3/c1-17(2,3)23-16(22)19(4)12-14-10-15(21)20(18-14)11-13-8-6-5-7-9-13/h13H,5-12H2,1-4H3. The first-order valence-corrected chi connectivity index (χ1v) is 8.55. The molecule has 0 atom stereocenters. The summed E-state index contributed by atoms with van der Waals surface area (Å²) in [7, 11) is 1.67. The van der Waals surface area contributed by atoms with Gasteiger partial charge >= 0.3 is 6.09 Å². The minimum absolute atomic E-state index is 0.0446. The average Bonchev–Trinajstić information content (AvgIpc) is 2.78. The zero-order chi connectivity index (χ0) is 17.0. The monoisotopic (exact) mass is 323 g/mol. The molecule has 6 nitrogen and oxygen atoms in total. The van der Waals surface area contributed by atoms with Crippen LogP contribution in [0.2, 0.25) is 0 Å². The maximum Gasteiger partial charge on any atom is 0.410 e. The van der Waals surface area contributed by atoms with Crippen molar-refractivity contribution < 1.29 is 14.3 Å². The summed E-state index contributed by atoms with van der Waals surface area (Å²) in [6.45, 7) is 6.56. The predicted molar refractivity (Wildman–Crippen MR) is 89.2 cm³/mol. The minimum Gasteiger partial charge on any atom is -0.444 e. The number of carbonyl (C=O) groups is 2. The molecule has 1 fully saturated rings. The molecule has 6 heteroatoms. The second-order valence-corrected chi connectivity index (χ2v) is 7.66. The van der Waals surface area contributed by atoms with Gasteiger partial charge in [-0.1, -0.05) is 19.3 Å². The van der Waals surface area contributed by atoms with E-state index in [0.29, 0.717) is 18.9 Å². The Bertz CT molecular complexity index is 476. The van der Waals surface area contributed by atoms with Crippen molar-refractivity contribution in [1.29, 1.82) is 0 Å². The number of amides is 2. The molecule has 0 saturated heterocycles. The summed E-state index contributed by atoms with van der Waals surface area (Å²) in [5, 5.41) is 6.04. The molecule has 1 heterocycles. The van der Waals surface area contributed by atoms with Crippen molar-refractivity contribution in [2.45, 2.75) is 64.9 Å². The Morgan fingerprint density at radius 2 is 1.96 bits per heavy atom. The van der Waals surface area contributed by atoms with Crippen molar-refractivity contribution >= 4 is 17.7 Å². The number of carbonyl (C=O) groups excluding carboxylic acids is 2. The third-order valence-electron chi connectivity index (χ3n) is 4.19. The van der Waals surface area contributed by atoms with Gasteiger partial charge in [0.25, 0.3) is 0 Å². The summed E-state index contributed by atoms with van der Waals surface area (Å²) in [5.41, 5.74) is 0.213. The van der Waals surface area contributed by atoms with Crippen LogP contribution in [0.25, 0.3) is 0 Å². The molecule has 0 aromatic carbocycles. The van der Waals surface area contributed by atoms with Gasteiger partial charge in [-0.3, -0.25) is 4.79 Å². The van der Waals surface area contributed by atoms with E-state index in [4.69, 9.17) is 4.74 Å². The number of ether oxygens (including phenoxy) is 1. The lowest BCUT2D eigenvalue weighted by atomic mass is 9.89. The van der Waals surface area contributed by atoms with Crippen molar-refractivity contribution in [2.24, 2.45) is 11.0 Å². The Labute approximate surface area is 138 Å². The lowest BCUT2D eigenvalue weighted by molar-refractivity contribution is -0.129. The third-order valence-corrected chi connectivity index (χ3v) is 4.19. The van der Waals surface area contributed by atoms with E-state index in [9.17, 15) is 9.59 Å². The van der Waals surface area contributed by atoms with Crippen LogP contribution in [0.3, 0.4) is 0 Å². The Hall–Kier alpha value is -1.59. The molecule has 0 radical (unpaired) electrons. The molecule has 1 saturated carbocycles. The van der Waals surface area contributed by atoms with Crippen LogP contribution in [0.5, 0.6) is 0 Å². The zero-order valence-corrected chi connectivity index (χ0v) is 14.8. The van der Waals surface area contributed by atoms with Gasteiger partial charge in [0.2, 0.25) is 5.91 Å². The number of nitrogens with zero attached hydrogens (tertiary/aromatic N) is 3. The molecule has 2 rings (SSSR count). The molecule has 0 N–H and O–H groups in total. The summed E-state index contributed by atoms with van der Waals surface area (Å²) >= 11 is 0. The van der Waals surface area contributed by atoms with Gasteiger partial charge in [-0.15, -0.1) is 0 Å². The Balaban J connectivity index is 1.86. The second-order valence-electron chi connectivity index (χ2n) is 7.66. The van der Waals surface area contributed by atoms with Gasteiger partial charge in [-0.05, 0) is 39.5 Å². The van der Waals surface area contributed by atoms with Gasteiger partial charge in [0.1, 0.15) is 5.60 Å². The van der Waals surface area contributed by atoms with Crippen molar-refractivity contribution in [2.75, 3.05) is 20.1 Å². The van der Waals surface area contributed by atoms with Crippen molar-refractivity contribution in [3.05, 3.63) is 0 Å². The maximum atomic E-state index is 12.1. The molecule has 0 unspecified atom stereocenters. The van der Waals surface area contributed by atoms with E-state index >= 15 is 0 Å². The molecule has 0 aromatic rings. The van der Waals surface area contributed by atoms with Crippen LogP contribution in [0.15, 0.2) is 5.10 Å². The quantitative estimate of drug-likeness (QED) is 0.799. The topological polar surface area (TPSA) is 62.2 Å². The van der Waals surface area contributed by atoms with Crippen LogP contribution < -0.4 is 0 Å². The van der Waals surface area contributed by atoms with E-state index < -0.39 is 11.7 Å². The first kappa shape index (κ1) is 17.8. The summed E-state index contributed by atoms with van der Waals surface area (Å²) in [6.07, 6.45) is 6.10. The van der Waals surface area contributed by atoms with Crippen LogP contribution in [0.4, 0.5) is 4.79 Å². The van der Waals surface area contributed by atoms with Crippen LogP contribution in [0, 0.1) is 5.92 Å². The molecule has 0 bridgehead atoms. The fraction of sp³-hybridized carbons (Fsp3) is 0.824. The van der Waals surface area contributed by atoms with Crippen LogP contribution >= 0.6 is 0 Å². The fourth-order valence-electron chi connectivity index (χ4n) is 3.05. The highest BCUT2D eigenvalue weighted by Crippen LogP contribution is 2.25. The van der Waals surface area contributed by atoms with E-state index in [1.807, 2.05) is 20.8 Å². The molecule has 23 heavy (non-hydrogen) atoms. The summed E-state index contributed by atoms with van der Waals surface area (Å²) in [5.74, 6) is 0.613. The lowest BCUT2D eigenvalue weighted by Crippen LogP contribution is -2.37. The molecule has 1 aliphatic heterocycles. The molecular formula is C17H29N3O3. The average molecular weight is 323 g/mol. The highest BCUT2D eigenvalue weighted by Gasteiger charge is 2.29. The van der Waals surface area contributed by atoms with Gasteiger partial charge in [-0.2, -0.15) is 5.10 Å². The normalized spacial score (nSPS) is 19.7. The van der Waals surface area contributed by atoms with Crippen molar-refractivity contribution in [1.82, 2.24) is 9.91 Å². The predicted octanol–water partition coefficient (Wildman–Crippen LogP) is 3.02.